The summed E-state index contributed by atoms with van der Waals surface area (Å²) in [4.78, 5) is 5.87. The first-order valence-electron chi connectivity index (χ1n) is 5.20. The molecular weight excluding hydrogens is 212 g/mol. The van der Waals surface area contributed by atoms with Gasteiger partial charge in [0.15, 0.2) is 0 Å². The third-order valence-corrected chi connectivity index (χ3v) is 3.32. The molecule has 0 bridgehead atoms. The van der Waals surface area contributed by atoms with Crippen molar-refractivity contribution in [2.75, 3.05) is 26.2 Å². The third-order valence-electron chi connectivity index (χ3n) is 2.28. The standard InChI is InChI=1S/C10H20N2S2/c1-5-11(6-2)9(13)10(14)12(7-3)8-4/h5-8H2,1-4H3. The van der Waals surface area contributed by atoms with Crippen molar-refractivity contribution in [1.29, 1.82) is 0 Å². The van der Waals surface area contributed by atoms with Gasteiger partial charge in [0.05, 0.1) is 0 Å². The summed E-state index contributed by atoms with van der Waals surface area (Å²) < 4.78 is 0. The van der Waals surface area contributed by atoms with Crippen molar-refractivity contribution in [3.8, 4) is 0 Å². The van der Waals surface area contributed by atoms with Gasteiger partial charge in [0.25, 0.3) is 0 Å². The Labute approximate surface area is 98.3 Å². The Morgan fingerprint density at radius 3 is 1.07 bits per heavy atom. The second kappa shape index (κ2) is 7.12. The first-order valence-corrected chi connectivity index (χ1v) is 6.02. The van der Waals surface area contributed by atoms with Crippen LogP contribution in [0, 0.1) is 0 Å². The van der Waals surface area contributed by atoms with E-state index < -0.39 is 0 Å². The van der Waals surface area contributed by atoms with Gasteiger partial charge in [-0.3, -0.25) is 0 Å². The molecule has 14 heavy (non-hydrogen) atoms. The van der Waals surface area contributed by atoms with Crippen molar-refractivity contribution >= 4 is 34.4 Å². The van der Waals surface area contributed by atoms with Crippen molar-refractivity contribution < 1.29 is 0 Å². The fourth-order valence-electron chi connectivity index (χ4n) is 1.29. The Morgan fingerprint density at radius 1 is 0.714 bits per heavy atom. The van der Waals surface area contributed by atoms with Gasteiger partial charge in [0, 0.05) is 26.2 Å². The second-order valence-corrected chi connectivity index (χ2v) is 3.73. The predicted octanol–water partition coefficient (Wildman–Crippen LogP) is 2.32. The summed E-state index contributed by atoms with van der Waals surface area (Å²) in [5.41, 5.74) is 0. The molecule has 0 aliphatic carbocycles. The Kier molecular flexibility index (Phi) is 7.01. The minimum absolute atomic E-state index is 0.814. The van der Waals surface area contributed by atoms with Crippen molar-refractivity contribution in [2.24, 2.45) is 0 Å². The van der Waals surface area contributed by atoms with E-state index in [-0.39, 0.29) is 0 Å². The van der Waals surface area contributed by atoms with E-state index in [1.54, 1.807) is 0 Å². The molecule has 0 atom stereocenters. The largest absolute Gasteiger partial charge is 0.361 e. The van der Waals surface area contributed by atoms with Crippen LogP contribution >= 0.6 is 24.4 Å². The maximum absolute atomic E-state index is 5.35. The van der Waals surface area contributed by atoms with Crippen LogP contribution in [-0.4, -0.2) is 46.0 Å². The van der Waals surface area contributed by atoms with Gasteiger partial charge < -0.3 is 9.80 Å². The predicted molar refractivity (Wildman–Crippen MR) is 71.0 cm³/mol. The topological polar surface area (TPSA) is 6.48 Å². The molecule has 2 nitrogen and oxygen atoms in total. The maximum Gasteiger partial charge on any atom is 0.136 e. The lowest BCUT2D eigenvalue weighted by Crippen LogP contribution is -2.42. The van der Waals surface area contributed by atoms with Crippen LogP contribution in [0.4, 0.5) is 0 Å². The quantitative estimate of drug-likeness (QED) is 0.686. The first kappa shape index (κ1) is 13.8. The molecule has 0 unspecified atom stereocenters. The fraction of sp³-hybridized carbons (Fsp3) is 0.800. The minimum Gasteiger partial charge on any atom is -0.361 e. The summed E-state index contributed by atoms with van der Waals surface area (Å²) in [5.74, 6) is 0. The summed E-state index contributed by atoms with van der Waals surface area (Å²) in [5, 5.41) is 0. The summed E-state index contributed by atoms with van der Waals surface area (Å²) in [7, 11) is 0. The van der Waals surface area contributed by atoms with Gasteiger partial charge in [-0.25, -0.2) is 0 Å². The molecule has 0 fully saturated rings. The van der Waals surface area contributed by atoms with Crippen molar-refractivity contribution in [1.82, 2.24) is 9.80 Å². The lowest BCUT2D eigenvalue weighted by Gasteiger charge is -2.28. The molecule has 0 saturated heterocycles. The van der Waals surface area contributed by atoms with Gasteiger partial charge >= 0.3 is 0 Å². The Morgan fingerprint density at radius 2 is 0.929 bits per heavy atom. The van der Waals surface area contributed by atoms with E-state index in [0.29, 0.717) is 0 Å². The number of thiocarbonyl (C=S) groups is 2. The zero-order valence-electron chi connectivity index (χ0n) is 9.54. The SMILES string of the molecule is CCN(CC)C(=S)C(=S)N(CC)CC. The number of hydrogen-bond acceptors (Lipinski definition) is 2. The molecule has 82 valence electrons. The number of likely N-dealkylation sites (N-methyl/N-ethyl adjacent to an activating group) is 2. The average molecular weight is 232 g/mol. The molecule has 0 rings (SSSR count). The van der Waals surface area contributed by atoms with Gasteiger partial charge in [-0.1, -0.05) is 24.4 Å². The summed E-state index contributed by atoms with van der Waals surface area (Å²) in [6.45, 7) is 12.1. The highest BCUT2D eigenvalue weighted by atomic mass is 32.1. The molecule has 0 aliphatic rings. The van der Waals surface area contributed by atoms with Crippen LogP contribution in [-0.2, 0) is 0 Å². The number of nitrogens with zero attached hydrogens (tertiary/aromatic N) is 2. The van der Waals surface area contributed by atoms with E-state index in [2.05, 4.69) is 37.5 Å². The van der Waals surface area contributed by atoms with E-state index in [0.717, 1.165) is 36.2 Å². The van der Waals surface area contributed by atoms with Gasteiger partial charge in [-0.05, 0) is 27.7 Å². The monoisotopic (exact) mass is 232 g/mol. The molecular formula is C10H20N2S2. The molecule has 0 amide bonds. The molecule has 0 aromatic carbocycles. The summed E-state index contributed by atoms with van der Waals surface area (Å²) in [6, 6.07) is 0. The highest BCUT2D eigenvalue weighted by Crippen LogP contribution is 2.00. The van der Waals surface area contributed by atoms with E-state index >= 15 is 0 Å². The lowest BCUT2D eigenvalue weighted by atomic mass is 10.4. The highest BCUT2D eigenvalue weighted by molar-refractivity contribution is 7.89. The van der Waals surface area contributed by atoms with Crippen LogP contribution in [0.2, 0.25) is 0 Å². The smallest absolute Gasteiger partial charge is 0.136 e. The summed E-state index contributed by atoms with van der Waals surface area (Å²) in [6.07, 6.45) is 0. The van der Waals surface area contributed by atoms with Crippen LogP contribution in [0.1, 0.15) is 27.7 Å². The van der Waals surface area contributed by atoms with E-state index in [1.165, 1.54) is 0 Å². The molecule has 4 heteroatoms. The molecule has 0 aromatic rings. The van der Waals surface area contributed by atoms with Crippen LogP contribution < -0.4 is 0 Å². The van der Waals surface area contributed by atoms with Crippen LogP contribution in [0.5, 0.6) is 0 Å². The van der Waals surface area contributed by atoms with Gasteiger partial charge in [0.1, 0.15) is 9.98 Å². The zero-order valence-corrected chi connectivity index (χ0v) is 11.2. The van der Waals surface area contributed by atoms with Crippen molar-refractivity contribution in [3.05, 3.63) is 0 Å². The number of rotatable bonds is 4. The first-order chi connectivity index (χ1) is 6.62. The highest BCUT2D eigenvalue weighted by Gasteiger charge is 2.14. The van der Waals surface area contributed by atoms with Gasteiger partial charge in [-0.15, -0.1) is 0 Å². The van der Waals surface area contributed by atoms with Crippen LogP contribution in [0.3, 0.4) is 0 Å². The molecule has 0 aliphatic heterocycles. The third kappa shape index (κ3) is 3.50. The number of hydrogen-bond donors (Lipinski definition) is 0. The Balaban J connectivity index is 4.43. The summed E-state index contributed by atoms with van der Waals surface area (Å²) >= 11 is 10.7. The zero-order chi connectivity index (χ0) is 11.1. The molecule has 0 heterocycles. The normalized spacial score (nSPS) is 9.71. The van der Waals surface area contributed by atoms with E-state index in [9.17, 15) is 0 Å². The van der Waals surface area contributed by atoms with Crippen LogP contribution in [0.15, 0.2) is 0 Å². The molecule has 0 spiro atoms. The fourth-order valence-corrected chi connectivity index (χ4v) is 2.07. The van der Waals surface area contributed by atoms with Gasteiger partial charge in [0.2, 0.25) is 0 Å². The molecule has 0 radical (unpaired) electrons. The minimum atomic E-state index is 0.814. The van der Waals surface area contributed by atoms with Gasteiger partial charge in [-0.2, -0.15) is 0 Å². The Bertz CT molecular complexity index is 174. The van der Waals surface area contributed by atoms with Crippen molar-refractivity contribution in [3.63, 3.8) is 0 Å². The van der Waals surface area contributed by atoms with E-state index in [4.69, 9.17) is 24.4 Å². The maximum atomic E-state index is 5.35. The Hall–Kier alpha value is -0.220. The molecule has 0 N–H and O–H groups in total. The average Bonchev–Trinajstić information content (AvgIpc) is 2.21. The van der Waals surface area contributed by atoms with E-state index in [1.807, 2.05) is 0 Å². The second-order valence-electron chi connectivity index (χ2n) is 2.95. The molecule has 0 saturated carbocycles. The lowest BCUT2D eigenvalue weighted by molar-refractivity contribution is 0.451. The molecule has 0 aromatic heterocycles. The van der Waals surface area contributed by atoms with Crippen molar-refractivity contribution in [2.45, 2.75) is 27.7 Å². The van der Waals surface area contributed by atoms with Crippen LogP contribution in [0.25, 0.3) is 0 Å².